The smallest absolute Gasteiger partial charge is 0.311 e. The summed E-state index contributed by atoms with van der Waals surface area (Å²) in [7, 11) is 1.55. The molecule has 4 aromatic rings. The lowest BCUT2D eigenvalue weighted by molar-refractivity contribution is -0.134. The molecule has 0 unspecified atom stereocenters. The Kier molecular flexibility index (Phi) is 7.83. The van der Waals surface area contributed by atoms with E-state index in [2.05, 4.69) is 30.3 Å². The summed E-state index contributed by atoms with van der Waals surface area (Å²) in [5.41, 5.74) is 2.95. The SMILES string of the molecule is COc1cc(/C=C/c2cccc3ccccc23)ccc1OC(=O)CCCCCN1C(=O)c2ccccc2C1=O. The van der Waals surface area contributed by atoms with E-state index in [0.29, 0.717) is 48.4 Å². The van der Waals surface area contributed by atoms with E-state index in [1.54, 1.807) is 37.4 Å². The Labute approximate surface area is 227 Å². The lowest BCUT2D eigenvalue weighted by Gasteiger charge is -2.13. The molecule has 0 saturated heterocycles. The molecule has 0 bridgehead atoms. The Morgan fingerprint density at radius 3 is 2.26 bits per heavy atom. The van der Waals surface area contributed by atoms with Gasteiger partial charge in [-0.25, -0.2) is 0 Å². The first-order valence-corrected chi connectivity index (χ1v) is 13.0. The number of nitrogens with zero attached hydrogens (tertiary/aromatic N) is 1. The minimum absolute atomic E-state index is 0.230. The van der Waals surface area contributed by atoms with Crippen molar-refractivity contribution >= 4 is 40.7 Å². The molecular formula is C33H29NO5. The number of amides is 2. The number of fused-ring (bicyclic) bond motifs is 2. The van der Waals surface area contributed by atoms with Crippen molar-refractivity contribution in [1.82, 2.24) is 4.90 Å². The van der Waals surface area contributed by atoms with Gasteiger partial charge in [0.2, 0.25) is 0 Å². The van der Waals surface area contributed by atoms with E-state index in [0.717, 1.165) is 11.1 Å². The summed E-state index contributed by atoms with van der Waals surface area (Å²) >= 11 is 0. The van der Waals surface area contributed by atoms with Crippen molar-refractivity contribution in [1.29, 1.82) is 0 Å². The van der Waals surface area contributed by atoms with Crippen molar-refractivity contribution < 1.29 is 23.9 Å². The summed E-state index contributed by atoms with van der Waals surface area (Å²) in [5.74, 6) is -0.00649. The number of carbonyl (C=O) groups excluding carboxylic acids is 3. The second-order valence-corrected chi connectivity index (χ2v) is 9.40. The molecule has 1 heterocycles. The predicted octanol–water partition coefficient (Wildman–Crippen LogP) is 6.78. The zero-order chi connectivity index (χ0) is 27.2. The topological polar surface area (TPSA) is 72.9 Å². The Balaban J connectivity index is 1.11. The van der Waals surface area contributed by atoms with Crippen LogP contribution < -0.4 is 9.47 Å². The van der Waals surface area contributed by atoms with E-state index in [4.69, 9.17) is 9.47 Å². The first-order valence-electron chi connectivity index (χ1n) is 13.0. The van der Waals surface area contributed by atoms with Crippen molar-refractivity contribution in [2.24, 2.45) is 0 Å². The van der Waals surface area contributed by atoms with Crippen LogP contribution in [0.1, 0.15) is 57.5 Å². The molecule has 196 valence electrons. The molecule has 5 rings (SSSR count). The molecule has 0 aliphatic carbocycles. The van der Waals surface area contributed by atoms with E-state index in [1.165, 1.54) is 15.7 Å². The van der Waals surface area contributed by atoms with Crippen LogP contribution in [0.15, 0.2) is 84.9 Å². The van der Waals surface area contributed by atoms with Gasteiger partial charge in [0.25, 0.3) is 11.8 Å². The van der Waals surface area contributed by atoms with E-state index in [9.17, 15) is 14.4 Å². The number of carbonyl (C=O) groups is 3. The maximum absolute atomic E-state index is 12.5. The average Bonchev–Trinajstić information content (AvgIpc) is 3.21. The lowest BCUT2D eigenvalue weighted by Crippen LogP contribution is -2.30. The molecule has 39 heavy (non-hydrogen) atoms. The zero-order valence-corrected chi connectivity index (χ0v) is 21.8. The van der Waals surface area contributed by atoms with Gasteiger partial charge >= 0.3 is 5.97 Å². The largest absolute Gasteiger partial charge is 0.493 e. The normalized spacial score (nSPS) is 12.8. The number of rotatable bonds is 10. The fraction of sp³-hybridized carbons (Fsp3) is 0.182. The molecule has 4 aromatic carbocycles. The van der Waals surface area contributed by atoms with Crippen molar-refractivity contribution in [2.45, 2.75) is 25.7 Å². The molecule has 0 saturated carbocycles. The highest BCUT2D eigenvalue weighted by Crippen LogP contribution is 2.30. The summed E-state index contributed by atoms with van der Waals surface area (Å²) in [5, 5.41) is 2.36. The number of esters is 1. The van der Waals surface area contributed by atoms with Gasteiger partial charge in [0, 0.05) is 13.0 Å². The fourth-order valence-corrected chi connectivity index (χ4v) is 4.79. The quantitative estimate of drug-likeness (QED) is 0.0759. The third-order valence-corrected chi connectivity index (χ3v) is 6.83. The number of hydrogen-bond donors (Lipinski definition) is 0. The van der Waals surface area contributed by atoms with Crippen molar-refractivity contribution in [3.63, 3.8) is 0 Å². The number of hydrogen-bond acceptors (Lipinski definition) is 5. The molecule has 0 atom stereocenters. The maximum Gasteiger partial charge on any atom is 0.311 e. The van der Waals surface area contributed by atoms with E-state index in [-0.39, 0.29) is 24.2 Å². The maximum atomic E-state index is 12.5. The number of ether oxygens (including phenoxy) is 2. The van der Waals surface area contributed by atoms with E-state index < -0.39 is 0 Å². The Morgan fingerprint density at radius 2 is 1.49 bits per heavy atom. The van der Waals surface area contributed by atoms with Gasteiger partial charge in [0.05, 0.1) is 18.2 Å². The van der Waals surface area contributed by atoms with Gasteiger partial charge in [-0.1, -0.05) is 79.2 Å². The summed E-state index contributed by atoms with van der Waals surface area (Å²) in [6, 6.07) is 26.8. The molecule has 0 aromatic heterocycles. The van der Waals surface area contributed by atoms with Gasteiger partial charge in [-0.15, -0.1) is 0 Å². The standard InChI is InChI=1S/C33H29NO5/c1-38-30-22-23(17-19-25-12-9-11-24-10-4-5-13-26(24)25)18-20-29(30)39-31(35)16-3-2-8-21-34-32(36)27-14-6-7-15-28(27)33(34)37/h4-7,9-15,17-20,22H,2-3,8,16,21H2,1H3/b19-17+. The molecule has 1 aliphatic rings. The number of benzene rings is 4. The van der Waals surface area contributed by atoms with E-state index >= 15 is 0 Å². The summed E-state index contributed by atoms with van der Waals surface area (Å²) in [6.45, 7) is 0.336. The van der Waals surface area contributed by atoms with Crippen molar-refractivity contribution in [3.8, 4) is 11.5 Å². The molecule has 0 spiro atoms. The molecule has 0 N–H and O–H groups in total. The molecule has 2 amide bonds. The fourth-order valence-electron chi connectivity index (χ4n) is 4.79. The Bertz CT molecular complexity index is 1530. The highest BCUT2D eigenvalue weighted by molar-refractivity contribution is 6.21. The summed E-state index contributed by atoms with van der Waals surface area (Å²) < 4.78 is 11.0. The van der Waals surface area contributed by atoms with Crippen molar-refractivity contribution in [3.05, 3.63) is 107 Å². The van der Waals surface area contributed by atoms with Crippen molar-refractivity contribution in [2.75, 3.05) is 13.7 Å². The molecular weight excluding hydrogens is 490 g/mol. The van der Waals surface area contributed by atoms with Gasteiger partial charge in [0.15, 0.2) is 11.5 Å². The van der Waals surface area contributed by atoms with Crippen LogP contribution in [0.4, 0.5) is 0 Å². The monoisotopic (exact) mass is 519 g/mol. The van der Waals surface area contributed by atoms with Crippen LogP contribution >= 0.6 is 0 Å². The van der Waals surface area contributed by atoms with Crippen LogP contribution in [0, 0.1) is 0 Å². The molecule has 6 heteroatoms. The molecule has 0 radical (unpaired) electrons. The van der Waals surface area contributed by atoms with Gasteiger partial charge in [-0.3, -0.25) is 19.3 Å². The lowest BCUT2D eigenvalue weighted by atomic mass is 10.0. The predicted molar refractivity (Wildman–Crippen MR) is 152 cm³/mol. The second-order valence-electron chi connectivity index (χ2n) is 9.40. The molecule has 1 aliphatic heterocycles. The number of methoxy groups -OCH3 is 1. The van der Waals surface area contributed by atoms with Crippen LogP contribution in [-0.4, -0.2) is 36.3 Å². The van der Waals surface area contributed by atoms with Crippen LogP contribution in [0.2, 0.25) is 0 Å². The minimum Gasteiger partial charge on any atom is -0.493 e. The van der Waals surface area contributed by atoms with Crippen LogP contribution in [-0.2, 0) is 4.79 Å². The third-order valence-electron chi connectivity index (χ3n) is 6.83. The first-order chi connectivity index (χ1) is 19.0. The minimum atomic E-state index is -0.354. The van der Waals surface area contributed by atoms with Gasteiger partial charge in [0.1, 0.15) is 0 Å². The van der Waals surface area contributed by atoms with E-state index in [1.807, 2.05) is 36.4 Å². The van der Waals surface area contributed by atoms with Crippen LogP contribution in [0.25, 0.3) is 22.9 Å². The summed E-state index contributed by atoms with van der Waals surface area (Å²) in [6.07, 6.45) is 6.20. The average molecular weight is 520 g/mol. The summed E-state index contributed by atoms with van der Waals surface area (Å²) in [4.78, 5) is 38.6. The molecule has 0 fully saturated rings. The zero-order valence-electron chi connectivity index (χ0n) is 21.8. The van der Waals surface area contributed by atoms with Gasteiger partial charge in [-0.2, -0.15) is 0 Å². The number of unbranched alkanes of at least 4 members (excludes halogenated alkanes) is 2. The Morgan fingerprint density at radius 1 is 0.769 bits per heavy atom. The third kappa shape index (κ3) is 5.75. The highest BCUT2D eigenvalue weighted by atomic mass is 16.6. The second kappa shape index (κ2) is 11.8. The van der Waals surface area contributed by atoms with Crippen LogP contribution in [0.3, 0.4) is 0 Å². The van der Waals surface area contributed by atoms with Gasteiger partial charge < -0.3 is 9.47 Å². The Hall–Kier alpha value is -4.71. The number of imide groups is 1. The van der Waals surface area contributed by atoms with Gasteiger partial charge in [-0.05, 0) is 59.0 Å². The first kappa shape index (κ1) is 25.9. The van der Waals surface area contributed by atoms with Crippen LogP contribution in [0.5, 0.6) is 11.5 Å². The molecule has 6 nitrogen and oxygen atoms in total. The highest BCUT2D eigenvalue weighted by Gasteiger charge is 2.34.